The Hall–Kier alpha value is -1.24. The molecule has 0 aliphatic heterocycles. The largest absolute Gasteiger partial charge is 0.399 e. The minimum Gasteiger partial charge on any atom is -0.399 e. The normalized spacial score (nSPS) is 9.64. The van der Waals surface area contributed by atoms with E-state index in [9.17, 15) is 0 Å². The molecule has 0 aliphatic rings. The van der Waals surface area contributed by atoms with E-state index in [-0.39, 0.29) is 0 Å². The highest BCUT2D eigenvalue weighted by molar-refractivity contribution is 5.61. The summed E-state index contributed by atoms with van der Waals surface area (Å²) in [4.78, 5) is 0. The van der Waals surface area contributed by atoms with Crippen molar-refractivity contribution in [2.45, 2.75) is 13.8 Å². The average Bonchev–Trinajstić information content (AvgIpc) is 1.85. The molecule has 0 radical (unpaired) electrons. The third kappa shape index (κ3) is 1.84. The Bertz CT molecular complexity index is 267. The molecule has 1 rings (SSSR count). The van der Waals surface area contributed by atoms with Crippen LogP contribution in [-0.2, 0) is 0 Å². The topological polar surface area (TPSA) is 26.0 Å². The Balaban J connectivity index is 3.19. The molecule has 1 nitrogen and oxygen atoms in total. The predicted molar refractivity (Wildman–Crippen MR) is 49.1 cm³/mol. The van der Waals surface area contributed by atoms with Crippen LogP contribution in [0.2, 0.25) is 0 Å². The van der Waals surface area contributed by atoms with Gasteiger partial charge in [-0.15, -0.1) is 0 Å². The fourth-order valence-electron chi connectivity index (χ4n) is 1.16. The minimum absolute atomic E-state index is 0.636. The van der Waals surface area contributed by atoms with Crippen LogP contribution in [0.3, 0.4) is 0 Å². The lowest BCUT2D eigenvalue weighted by molar-refractivity contribution is 1.35. The summed E-state index contributed by atoms with van der Waals surface area (Å²) in [5.74, 6) is 0. The standard InChI is InChI=1S/C10H13N/c1-7-4-8(2)6-10(5-7)9(3)11/h4-6H,3,11H2,1-2H3. The van der Waals surface area contributed by atoms with Crippen molar-refractivity contribution in [3.8, 4) is 0 Å². The van der Waals surface area contributed by atoms with Gasteiger partial charge in [-0.1, -0.05) is 23.8 Å². The molecular formula is C10H13N. The summed E-state index contributed by atoms with van der Waals surface area (Å²) in [7, 11) is 0. The molecule has 0 heterocycles. The van der Waals surface area contributed by atoms with Crippen LogP contribution in [0, 0.1) is 13.8 Å². The average molecular weight is 147 g/mol. The van der Waals surface area contributed by atoms with Crippen molar-refractivity contribution in [3.05, 3.63) is 41.5 Å². The fourth-order valence-corrected chi connectivity index (χ4v) is 1.16. The number of rotatable bonds is 1. The van der Waals surface area contributed by atoms with E-state index in [0.717, 1.165) is 5.56 Å². The van der Waals surface area contributed by atoms with Gasteiger partial charge in [-0.3, -0.25) is 0 Å². The van der Waals surface area contributed by atoms with E-state index < -0.39 is 0 Å². The number of hydrogen-bond acceptors (Lipinski definition) is 1. The molecule has 1 aromatic carbocycles. The van der Waals surface area contributed by atoms with E-state index in [1.54, 1.807) is 0 Å². The van der Waals surface area contributed by atoms with Crippen LogP contribution in [0.4, 0.5) is 0 Å². The van der Waals surface area contributed by atoms with Crippen molar-refractivity contribution in [2.75, 3.05) is 0 Å². The zero-order valence-corrected chi connectivity index (χ0v) is 7.02. The summed E-state index contributed by atoms with van der Waals surface area (Å²) in [5.41, 5.74) is 9.68. The quantitative estimate of drug-likeness (QED) is 0.647. The first kappa shape index (κ1) is 7.86. The molecular weight excluding hydrogens is 134 g/mol. The van der Waals surface area contributed by atoms with Gasteiger partial charge in [-0.05, 0) is 31.5 Å². The van der Waals surface area contributed by atoms with Gasteiger partial charge in [0.25, 0.3) is 0 Å². The maximum Gasteiger partial charge on any atom is 0.0314 e. The highest BCUT2D eigenvalue weighted by Crippen LogP contribution is 2.12. The molecule has 1 aromatic rings. The first-order valence-electron chi connectivity index (χ1n) is 3.62. The van der Waals surface area contributed by atoms with E-state index in [1.807, 2.05) is 12.1 Å². The van der Waals surface area contributed by atoms with Gasteiger partial charge < -0.3 is 5.73 Å². The summed E-state index contributed by atoms with van der Waals surface area (Å²) in [5, 5.41) is 0. The molecule has 0 saturated carbocycles. The van der Waals surface area contributed by atoms with Crippen molar-refractivity contribution in [2.24, 2.45) is 5.73 Å². The van der Waals surface area contributed by atoms with Crippen LogP contribution >= 0.6 is 0 Å². The smallest absolute Gasteiger partial charge is 0.0314 e. The van der Waals surface area contributed by atoms with Gasteiger partial charge in [0.1, 0.15) is 0 Å². The molecule has 11 heavy (non-hydrogen) atoms. The van der Waals surface area contributed by atoms with Crippen LogP contribution in [0.1, 0.15) is 16.7 Å². The summed E-state index contributed by atoms with van der Waals surface area (Å²) in [6.07, 6.45) is 0. The molecule has 0 atom stereocenters. The monoisotopic (exact) mass is 147 g/mol. The fraction of sp³-hybridized carbons (Fsp3) is 0.200. The van der Waals surface area contributed by atoms with E-state index >= 15 is 0 Å². The first-order chi connectivity index (χ1) is 5.09. The van der Waals surface area contributed by atoms with Gasteiger partial charge >= 0.3 is 0 Å². The van der Waals surface area contributed by atoms with Gasteiger partial charge in [0.2, 0.25) is 0 Å². The molecule has 0 fully saturated rings. The second-order valence-corrected chi connectivity index (χ2v) is 2.90. The third-order valence-electron chi connectivity index (χ3n) is 1.59. The Morgan fingerprint density at radius 3 is 2.00 bits per heavy atom. The lowest BCUT2D eigenvalue weighted by atomic mass is 10.1. The Morgan fingerprint density at radius 2 is 1.64 bits per heavy atom. The highest BCUT2D eigenvalue weighted by Gasteiger charge is 1.95. The van der Waals surface area contributed by atoms with E-state index in [4.69, 9.17) is 5.73 Å². The van der Waals surface area contributed by atoms with E-state index in [1.165, 1.54) is 11.1 Å². The molecule has 0 aliphatic carbocycles. The van der Waals surface area contributed by atoms with Gasteiger partial charge in [0.15, 0.2) is 0 Å². The molecule has 0 saturated heterocycles. The molecule has 0 spiro atoms. The van der Waals surface area contributed by atoms with Gasteiger partial charge in [0.05, 0.1) is 0 Å². The second kappa shape index (κ2) is 2.79. The Labute approximate surface area is 67.5 Å². The number of benzene rings is 1. The molecule has 0 aromatic heterocycles. The molecule has 58 valence electrons. The Kier molecular flexibility index (Phi) is 1.99. The van der Waals surface area contributed by atoms with E-state index in [0.29, 0.717) is 5.70 Å². The lowest BCUT2D eigenvalue weighted by Gasteiger charge is -2.02. The maximum atomic E-state index is 5.56. The van der Waals surface area contributed by atoms with Crippen molar-refractivity contribution < 1.29 is 0 Å². The minimum atomic E-state index is 0.636. The van der Waals surface area contributed by atoms with Gasteiger partial charge in [0, 0.05) is 5.70 Å². The van der Waals surface area contributed by atoms with Crippen LogP contribution in [0.25, 0.3) is 5.70 Å². The first-order valence-corrected chi connectivity index (χ1v) is 3.62. The van der Waals surface area contributed by atoms with Crippen LogP contribution < -0.4 is 5.73 Å². The SMILES string of the molecule is C=C(N)c1cc(C)cc(C)c1. The molecule has 2 N–H and O–H groups in total. The number of hydrogen-bond donors (Lipinski definition) is 1. The van der Waals surface area contributed by atoms with Crippen molar-refractivity contribution in [3.63, 3.8) is 0 Å². The zero-order chi connectivity index (χ0) is 8.43. The van der Waals surface area contributed by atoms with Crippen LogP contribution in [0.5, 0.6) is 0 Å². The van der Waals surface area contributed by atoms with Gasteiger partial charge in [-0.25, -0.2) is 0 Å². The zero-order valence-electron chi connectivity index (χ0n) is 7.02. The van der Waals surface area contributed by atoms with Crippen LogP contribution in [-0.4, -0.2) is 0 Å². The number of nitrogens with two attached hydrogens (primary N) is 1. The summed E-state index contributed by atoms with van der Waals surface area (Å²) in [6.45, 7) is 7.80. The third-order valence-corrected chi connectivity index (χ3v) is 1.59. The van der Waals surface area contributed by atoms with E-state index in [2.05, 4.69) is 26.5 Å². The highest BCUT2D eigenvalue weighted by atomic mass is 14.6. The Morgan fingerprint density at radius 1 is 1.18 bits per heavy atom. The van der Waals surface area contributed by atoms with Crippen molar-refractivity contribution in [1.29, 1.82) is 0 Å². The predicted octanol–water partition coefficient (Wildman–Crippen LogP) is 2.23. The molecule has 0 unspecified atom stereocenters. The number of aryl methyl sites for hydroxylation is 2. The molecule has 1 heteroatoms. The second-order valence-electron chi connectivity index (χ2n) is 2.90. The summed E-state index contributed by atoms with van der Waals surface area (Å²) < 4.78 is 0. The summed E-state index contributed by atoms with van der Waals surface area (Å²) in [6, 6.07) is 6.19. The van der Waals surface area contributed by atoms with Crippen molar-refractivity contribution >= 4 is 5.70 Å². The molecule has 0 amide bonds. The van der Waals surface area contributed by atoms with Crippen molar-refractivity contribution in [1.82, 2.24) is 0 Å². The maximum absolute atomic E-state index is 5.56. The van der Waals surface area contributed by atoms with Crippen LogP contribution in [0.15, 0.2) is 24.8 Å². The molecule has 0 bridgehead atoms. The lowest BCUT2D eigenvalue weighted by Crippen LogP contribution is -1.94. The van der Waals surface area contributed by atoms with Gasteiger partial charge in [-0.2, -0.15) is 0 Å². The summed E-state index contributed by atoms with van der Waals surface area (Å²) >= 11 is 0.